The van der Waals surface area contributed by atoms with Crippen LogP contribution in [0.1, 0.15) is 0 Å². The van der Waals surface area contributed by atoms with Crippen LogP contribution in [-0.4, -0.2) is 12.0 Å². The van der Waals surface area contributed by atoms with Crippen molar-refractivity contribution in [2.24, 2.45) is 10.2 Å². The summed E-state index contributed by atoms with van der Waals surface area (Å²) in [6.45, 7) is 0. The van der Waals surface area contributed by atoms with Gasteiger partial charge >= 0.3 is 0 Å². The van der Waals surface area contributed by atoms with Crippen molar-refractivity contribution in [3.05, 3.63) is 64.7 Å². The summed E-state index contributed by atoms with van der Waals surface area (Å²) in [5.74, 6) is 0.0545. The highest BCUT2D eigenvalue weighted by molar-refractivity contribution is 5.95. The first-order valence-electron chi connectivity index (χ1n) is 7.03. The van der Waals surface area contributed by atoms with Gasteiger partial charge in [-0.3, -0.25) is 10.1 Å². The molecule has 3 aromatic rings. The maximum Gasteiger partial charge on any atom is 0.271 e. The molecule has 3 rings (SSSR count). The Balaban J connectivity index is 2.10. The van der Waals surface area contributed by atoms with E-state index >= 15 is 0 Å². The van der Waals surface area contributed by atoms with E-state index in [9.17, 15) is 15.2 Å². The van der Waals surface area contributed by atoms with E-state index in [0.29, 0.717) is 11.1 Å². The predicted octanol–water partition coefficient (Wildman–Crippen LogP) is 4.25. The molecule has 7 nitrogen and oxygen atoms in total. The number of nitro groups is 1. The zero-order valence-electron chi connectivity index (χ0n) is 12.7. The number of hydrogen-bond donors (Lipinski definition) is 0. The Morgan fingerprint density at radius 2 is 1.83 bits per heavy atom. The molecule has 0 N–H and O–H groups in total. The monoisotopic (exact) mass is 322 g/mol. The number of non-ortho nitro benzene ring substituents is 1. The number of nitro benzene ring substituents is 1. The molecule has 0 amide bonds. The number of rotatable bonds is 4. The van der Waals surface area contributed by atoms with Crippen LogP contribution < -0.4 is 9.84 Å². The van der Waals surface area contributed by atoms with Crippen molar-refractivity contribution in [1.29, 1.82) is 0 Å². The summed E-state index contributed by atoms with van der Waals surface area (Å²) < 4.78 is 5.13. The Morgan fingerprint density at radius 1 is 1.04 bits per heavy atom. The number of methoxy groups -OCH3 is 1. The Morgan fingerprint density at radius 3 is 2.58 bits per heavy atom. The first-order chi connectivity index (χ1) is 11.6. The molecule has 0 aliphatic carbocycles. The molecule has 0 aromatic heterocycles. The zero-order chi connectivity index (χ0) is 17.1. The second-order valence-corrected chi connectivity index (χ2v) is 4.95. The molecule has 3 aromatic carbocycles. The third-order valence-electron chi connectivity index (χ3n) is 3.49. The van der Waals surface area contributed by atoms with Gasteiger partial charge in [-0.05, 0) is 11.5 Å². The van der Waals surface area contributed by atoms with Gasteiger partial charge in [0, 0.05) is 17.5 Å². The molecule has 0 bridgehead atoms. The van der Waals surface area contributed by atoms with Gasteiger partial charge in [0.15, 0.2) is 0 Å². The van der Waals surface area contributed by atoms with Gasteiger partial charge in [-0.1, -0.05) is 42.1 Å². The molecule has 0 saturated heterocycles. The lowest BCUT2D eigenvalue weighted by Gasteiger charge is -2.11. The predicted molar refractivity (Wildman–Crippen MR) is 87.2 cm³/mol. The maximum absolute atomic E-state index is 12.1. The van der Waals surface area contributed by atoms with E-state index in [0.717, 1.165) is 5.39 Å². The van der Waals surface area contributed by atoms with E-state index in [1.807, 2.05) is 12.1 Å². The highest BCUT2D eigenvalue weighted by Crippen LogP contribution is 2.37. The number of ether oxygens (including phenoxy) is 1. The van der Waals surface area contributed by atoms with Crippen LogP contribution in [0.2, 0.25) is 0 Å². The van der Waals surface area contributed by atoms with Crippen LogP contribution in [0.4, 0.5) is 17.1 Å². The lowest BCUT2D eigenvalue weighted by Crippen LogP contribution is -1.90. The van der Waals surface area contributed by atoms with Gasteiger partial charge in [0.1, 0.15) is 11.4 Å². The molecular weight excluding hydrogens is 310 g/mol. The number of fused-ring (bicyclic) bond motifs is 1. The fraction of sp³-hybridized carbons (Fsp3) is 0.0588. The van der Waals surface area contributed by atoms with Gasteiger partial charge in [-0.25, -0.2) is 0 Å². The van der Waals surface area contributed by atoms with E-state index in [1.54, 1.807) is 18.2 Å². The lowest BCUT2D eigenvalue weighted by atomic mass is 10.1. The average molecular weight is 322 g/mol. The summed E-state index contributed by atoms with van der Waals surface area (Å²) >= 11 is 0. The molecule has 0 saturated carbocycles. The Kier molecular flexibility index (Phi) is 4.07. The van der Waals surface area contributed by atoms with E-state index in [2.05, 4.69) is 10.2 Å². The molecule has 24 heavy (non-hydrogen) atoms. The second-order valence-electron chi connectivity index (χ2n) is 4.95. The molecule has 0 heterocycles. The normalized spacial score (nSPS) is 11.0. The van der Waals surface area contributed by atoms with Crippen LogP contribution in [0.15, 0.2) is 64.8 Å². The molecule has 7 heteroatoms. The Bertz CT molecular complexity index is 954. The highest BCUT2D eigenvalue weighted by Gasteiger charge is 2.11. The smallest absolute Gasteiger partial charge is 0.271 e. The fourth-order valence-corrected chi connectivity index (χ4v) is 2.31. The third-order valence-corrected chi connectivity index (χ3v) is 3.49. The van der Waals surface area contributed by atoms with Crippen molar-refractivity contribution in [2.75, 3.05) is 7.11 Å². The van der Waals surface area contributed by atoms with Gasteiger partial charge in [0.2, 0.25) is 0 Å². The van der Waals surface area contributed by atoms with Crippen LogP contribution in [0.25, 0.3) is 10.8 Å². The minimum atomic E-state index is -0.532. The molecule has 0 spiro atoms. The summed E-state index contributed by atoms with van der Waals surface area (Å²) in [6.07, 6.45) is 0. The van der Waals surface area contributed by atoms with Gasteiger partial charge in [-0.2, -0.15) is 5.11 Å². The average Bonchev–Trinajstić information content (AvgIpc) is 2.60. The standard InChI is InChI=1S/C17H13N3O4/c1-24-16-9-7-12(20(22)23)10-14(16)18-19-17-13-5-3-2-4-11(13)6-8-15(17)21/h2-10,21H,1H3/p-1. The number of hydrogen-bond acceptors (Lipinski definition) is 6. The van der Waals surface area contributed by atoms with E-state index in [1.165, 1.54) is 31.4 Å². The minimum Gasteiger partial charge on any atom is -0.871 e. The molecule has 120 valence electrons. The van der Waals surface area contributed by atoms with Crippen LogP contribution in [0, 0.1) is 10.1 Å². The summed E-state index contributed by atoms with van der Waals surface area (Å²) in [4.78, 5) is 10.4. The Labute approximate surface area is 137 Å². The summed E-state index contributed by atoms with van der Waals surface area (Å²) in [5.41, 5.74) is 0.228. The molecule has 0 fully saturated rings. The number of benzene rings is 3. The SMILES string of the molecule is COc1ccc([N+](=O)[O-])cc1N=Nc1c([O-])ccc2ccccc12. The van der Waals surface area contributed by atoms with E-state index in [4.69, 9.17) is 4.74 Å². The second kappa shape index (κ2) is 6.33. The number of azo groups is 1. The van der Waals surface area contributed by atoms with Crippen molar-refractivity contribution in [3.8, 4) is 11.5 Å². The molecule has 0 atom stereocenters. The lowest BCUT2D eigenvalue weighted by molar-refractivity contribution is -0.384. The molecule has 0 aliphatic rings. The largest absolute Gasteiger partial charge is 0.871 e. The molecule has 0 radical (unpaired) electrons. The van der Waals surface area contributed by atoms with Crippen LogP contribution >= 0.6 is 0 Å². The highest BCUT2D eigenvalue weighted by atomic mass is 16.6. The summed E-state index contributed by atoms with van der Waals surface area (Å²) in [5, 5.41) is 32.5. The maximum atomic E-state index is 12.1. The van der Waals surface area contributed by atoms with Crippen molar-refractivity contribution >= 4 is 27.8 Å². The quantitative estimate of drug-likeness (QED) is 0.407. The summed E-state index contributed by atoms with van der Waals surface area (Å²) in [7, 11) is 1.43. The summed E-state index contributed by atoms with van der Waals surface area (Å²) in [6, 6.07) is 14.4. The first kappa shape index (κ1) is 15.4. The third kappa shape index (κ3) is 2.87. The minimum absolute atomic E-state index is 0.134. The van der Waals surface area contributed by atoms with E-state index < -0.39 is 4.92 Å². The molecular formula is C17H12N3O4-. The van der Waals surface area contributed by atoms with Crippen LogP contribution in [0.3, 0.4) is 0 Å². The van der Waals surface area contributed by atoms with Gasteiger partial charge in [0.05, 0.1) is 17.7 Å². The van der Waals surface area contributed by atoms with Crippen molar-refractivity contribution in [3.63, 3.8) is 0 Å². The molecule has 0 unspecified atom stereocenters. The Hall–Kier alpha value is -3.48. The van der Waals surface area contributed by atoms with Crippen molar-refractivity contribution < 1.29 is 14.8 Å². The van der Waals surface area contributed by atoms with E-state index in [-0.39, 0.29) is 22.8 Å². The van der Waals surface area contributed by atoms with Crippen LogP contribution in [-0.2, 0) is 0 Å². The number of nitrogens with zero attached hydrogens (tertiary/aromatic N) is 3. The first-order valence-corrected chi connectivity index (χ1v) is 7.03. The fourth-order valence-electron chi connectivity index (χ4n) is 2.31. The van der Waals surface area contributed by atoms with Crippen molar-refractivity contribution in [2.45, 2.75) is 0 Å². The van der Waals surface area contributed by atoms with Crippen LogP contribution in [0.5, 0.6) is 11.5 Å². The van der Waals surface area contributed by atoms with Gasteiger partial charge in [-0.15, -0.1) is 5.11 Å². The van der Waals surface area contributed by atoms with Gasteiger partial charge in [0.25, 0.3) is 5.69 Å². The van der Waals surface area contributed by atoms with Gasteiger partial charge < -0.3 is 9.84 Å². The van der Waals surface area contributed by atoms with Crippen molar-refractivity contribution in [1.82, 2.24) is 0 Å². The topological polar surface area (TPSA) is 100 Å². The zero-order valence-corrected chi connectivity index (χ0v) is 12.7. The molecule has 0 aliphatic heterocycles.